The summed E-state index contributed by atoms with van der Waals surface area (Å²) in [7, 11) is 4.06. The first-order valence-electron chi connectivity index (χ1n) is 7.06. The van der Waals surface area contributed by atoms with E-state index < -0.39 is 5.97 Å². The molecule has 0 amide bonds. The van der Waals surface area contributed by atoms with Crippen molar-refractivity contribution in [3.05, 3.63) is 0 Å². The van der Waals surface area contributed by atoms with Crippen molar-refractivity contribution < 1.29 is 9.90 Å². The van der Waals surface area contributed by atoms with Crippen LogP contribution in [-0.2, 0) is 4.79 Å². The summed E-state index contributed by atoms with van der Waals surface area (Å²) in [5.41, 5.74) is 0. The average molecular weight is 256 g/mol. The first-order chi connectivity index (χ1) is 8.47. The number of likely N-dealkylation sites (N-methyl/N-ethyl adjacent to an activating group) is 1. The monoisotopic (exact) mass is 256 g/mol. The van der Waals surface area contributed by atoms with Gasteiger partial charge in [-0.1, -0.05) is 19.8 Å². The summed E-state index contributed by atoms with van der Waals surface area (Å²) < 4.78 is 0. The summed E-state index contributed by atoms with van der Waals surface area (Å²) >= 11 is 0. The summed E-state index contributed by atoms with van der Waals surface area (Å²) in [6.07, 6.45) is 5.14. The lowest BCUT2D eigenvalue weighted by atomic mass is 9.83. The topological polar surface area (TPSA) is 43.8 Å². The van der Waals surface area contributed by atoms with Crippen LogP contribution in [0.1, 0.15) is 32.6 Å². The minimum Gasteiger partial charge on any atom is -0.480 e. The molecule has 0 spiro atoms. The summed E-state index contributed by atoms with van der Waals surface area (Å²) in [5.74, 6) is 0.844. The molecule has 0 radical (unpaired) electrons. The van der Waals surface area contributed by atoms with Gasteiger partial charge in [0, 0.05) is 19.6 Å². The van der Waals surface area contributed by atoms with Crippen molar-refractivity contribution in [3.8, 4) is 0 Å². The van der Waals surface area contributed by atoms with Gasteiger partial charge in [-0.05, 0) is 38.8 Å². The quantitative estimate of drug-likeness (QED) is 0.754. The highest BCUT2D eigenvalue weighted by Crippen LogP contribution is 2.28. The fraction of sp³-hybridized carbons (Fsp3) is 0.929. The van der Waals surface area contributed by atoms with Crippen LogP contribution in [0.4, 0.5) is 0 Å². The molecule has 0 saturated heterocycles. The predicted octanol–water partition coefficient (Wildman–Crippen LogP) is 1.76. The molecular weight excluding hydrogens is 228 g/mol. The second kappa shape index (κ2) is 7.74. The van der Waals surface area contributed by atoms with Crippen LogP contribution in [0.3, 0.4) is 0 Å². The van der Waals surface area contributed by atoms with Gasteiger partial charge in [-0.2, -0.15) is 0 Å². The Balaban J connectivity index is 2.36. The number of rotatable bonds is 7. The van der Waals surface area contributed by atoms with Gasteiger partial charge in [0.15, 0.2) is 0 Å². The normalized spacial score (nSPS) is 24.7. The maximum absolute atomic E-state index is 10.9. The zero-order chi connectivity index (χ0) is 13.5. The van der Waals surface area contributed by atoms with Crippen molar-refractivity contribution in [1.82, 2.24) is 9.80 Å². The van der Waals surface area contributed by atoms with Crippen LogP contribution in [0.2, 0.25) is 0 Å². The van der Waals surface area contributed by atoms with E-state index in [4.69, 9.17) is 5.11 Å². The average Bonchev–Trinajstić information content (AvgIpc) is 2.28. The van der Waals surface area contributed by atoms with Crippen molar-refractivity contribution in [1.29, 1.82) is 0 Å². The Bertz CT molecular complexity index is 248. The Labute approximate surface area is 111 Å². The second-order valence-electron chi connectivity index (χ2n) is 6.06. The molecule has 0 atom stereocenters. The smallest absolute Gasteiger partial charge is 0.317 e. The molecule has 1 aliphatic carbocycles. The molecule has 1 rings (SSSR count). The number of carboxylic acid groups (broad SMARTS) is 1. The Morgan fingerprint density at radius 3 is 2.28 bits per heavy atom. The van der Waals surface area contributed by atoms with Crippen LogP contribution in [0.15, 0.2) is 0 Å². The van der Waals surface area contributed by atoms with E-state index in [0.717, 1.165) is 25.6 Å². The van der Waals surface area contributed by atoms with Gasteiger partial charge in [0.25, 0.3) is 0 Å². The highest BCUT2D eigenvalue weighted by Gasteiger charge is 2.21. The van der Waals surface area contributed by atoms with E-state index in [2.05, 4.69) is 16.7 Å². The van der Waals surface area contributed by atoms with Crippen molar-refractivity contribution in [2.75, 3.05) is 40.3 Å². The maximum Gasteiger partial charge on any atom is 0.317 e. The third-order valence-corrected chi connectivity index (χ3v) is 3.87. The highest BCUT2D eigenvalue weighted by atomic mass is 16.4. The first kappa shape index (κ1) is 15.4. The highest BCUT2D eigenvalue weighted by molar-refractivity contribution is 5.69. The Kier molecular flexibility index (Phi) is 6.65. The summed E-state index contributed by atoms with van der Waals surface area (Å²) in [5, 5.41) is 8.97. The van der Waals surface area contributed by atoms with Crippen LogP contribution in [0.5, 0.6) is 0 Å². The van der Waals surface area contributed by atoms with Gasteiger partial charge in [-0.15, -0.1) is 0 Å². The van der Waals surface area contributed by atoms with Gasteiger partial charge >= 0.3 is 5.97 Å². The lowest BCUT2D eigenvalue weighted by Crippen LogP contribution is -2.39. The molecule has 4 heteroatoms. The first-order valence-corrected chi connectivity index (χ1v) is 7.06. The van der Waals surface area contributed by atoms with Gasteiger partial charge < -0.3 is 10.0 Å². The number of carboxylic acids is 1. The zero-order valence-corrected chi connectivity index (χ0v) is 12.1. The minimum atomic E-state index is -0.710. The van der Waals surface area contributed by atoms with E-state index in [9.17, 15) is 4.79 Å². The lowest BCUT2D eigenvalue weighted by Gasteiger charge is -2.31. The molecule has 1 saturated carbocycles. The van der Waals surface area contributed by atoms with E-state index >= 15 is 0 Å². The Morgan fingerprint density at radius 2 is 1.78 bits per heavy atom. The van der Waals surface area contributed by atoms with Crippen LogP contribution >= 0.6 is 0 Å². The van der Waals surface area contributed by atoms with Gasteiger partial charge in [0.05, 0.1) is 6.54 Å². The molecule has 0 aromatic heterocycles. The number of carbonyl (C=O) groups is 1. The number of hydrogen-bond acceptors (Lipinski definition) is 3. The molecular formula is C14H28N2O2. The standard InChI is InChI=1S/C14H28N2O2/c1-12-4-6-13(7-5-12)10-16(11-14(17)18)9-8-15(2)3/h12-13H,4-11H2,1-3H3,(H,17,18). The molecule has 0 unspecified atom stereocenters. The molecule has 18 heavy (non-hydrogen) atoms. The predicted molar refractivity (Wildman–Crippen MR) is 73.8 cm³/mol. The molecule has 106 valence electrons. The van der Waals surface area contributed by atoms with E-state index in [1.165, 1.54) is 25.7 Å². The van der Waals surface area contributed by atoms with Gasteiger partial charge in [-0.25, -0.2) is 0 Å². The second-order valence-corrected chi connectivity index (χ2v) is 6.06. The van der Waals surface area contributed by atoms with Gasteiger partial charge in [-0.3, -0.25) is 9.69 Å². The summed E-state index contributed by atoms with van der Waals surface area (Å²) in [6.45, 7) is 5.23. The molecule has 0 bridgehead atoms. The maximum atomic E-state index is 10.9. The van der Waals surface area contributed by atoms with E-state index in [0.29, 0.717) is 5.92 Å². The lowest BCUT2D eigenvalue weighted by molar-refractivity contribution is -0.138. The third-order valence-electron chi connectivity index (χ3n) is 3.87. The Hall–Kier alpha value is -0.610. The molecule has 4 nitrogen and oxygen atoms in total. The number of aliphatic carboxylic acids is 1. The fourth-order valence-corrected chi connectivity index (χ4v) is 2.64. The molecule has 1 fully saturated rings. The fourth-order valence-electron chi connectivity index (χ4n) is 2.64. The van der Waals surface area contributed by atoms with Crippen molar-refractivity contribution >= 4 is 5.97 Å². The molecule has 0 aromatic rings. The van der Waals surface area contributed by atoms with Crippen molar-refractivity contribution in [3.63, 3.8) is 0 Å². The summed E-state index contributed by atoms with van der Waals surface area (Å²) in [6, 6.07) is 0. The molecule has 1 N–H and O–H groups in total. The van der Waals surface area contributed by atoms with Gasteiger partial charge in [0.2, 0.25) is 0 Å². The zero-order valence-electron chi connectivity index (χ0n) is 12.1. The van der Waals surface area contributed by atoms with Crippen LogP contribution in [0.25, 0.3) is 0 Å². The number of nitrogens with zero attached hydrogens (tertiary/aromatic N) is 2. The molecule has 0 aliphatic heterocycles. The SMILES string of the molecule is CC1CCC(CN(CCN(C)C)CC(=O)O)CC1. The van der Waals surface area contributed by atoms with Crippen molar-refractivity contribution in [2.24, 2.45) is 11.8 Å². The van der Waals surface area contributed by atoms with E-state index in [1.54, 1.807) is 0 Å². The Morgan fingerprint density at radius 1 is 1.17 bits per heavy atom. The minimum absolute atomic E-state index is 0.180. The number of hydrogen-bond donors (Lipinski definition) is 1. The van der Waals surface area contributed by atoms with E-state index in [1.807, 2.05) is 14.1 Å². The van der Waals surface area contributed by atoms with Crippen LogP contribution in [0, 0.1) is 11.8 Å². The molecule has 1 aliphatic rings. The van der Waals surface area contributed by atoms with Gasteiger partial charge in [0.1, 0.15) is 0 Å². The third kappa shape index (κ3) is 6.36. The molecule has 0 heterocycles. The molecule has 0 aromatic carbocycles. The van der Waals surface area contributed by atoms with E-state index in [-0.39, 0.29) is 6.54 Å². The summed E-state index contributed by atoms with van der Waals surface area (Å²) in [4.78, 5) is 15.1. The van der Waals surface area contributed by atoms with Crippen molar-refractivity contribution in [2.45, 2.75) is 32.6 Å². The largest absolute Gasteiger partial charge is 0.480 e. The van der Waals surface area contributed by atoms with Crippen LogP contribution < -0.4 is 0 Å². The van der Waals surface area contributed by atoms with Crippen LogP contribution in [-0.4, -0.2) is 61.2 Å².